The number of rotatable bonds is 5. The van der Waals surface area contributed by atoms with Crippen molar-refractivity contribution < 1.29 is 28.8 Å². The van der Waals surface area contributed by atoms with Gasteiger partial charge in [-0.1, -0.05) is 29.8 Å². The van der Waals surface area contributed by atoms with Gasteiger partial charge in [-0.25, -0.2) is 4.79 Å². The Morgan fingerprint density at radius 3 is 2.37 bits per heavy atom. The number of hydrogen-bond acceptors (Lipinski definition) is 6. The van der Waals surface area contributed by atoms with Gasteiger partial charge < -0.3 is 24.1 Å². The number of methoxy groups -OCH3 is 3. The third kappa shape index (κ3) is 3.15. The lowest BCUT2D eigenvalue weighted by atomic mass is 9.80. The molecule has 0 radical (unpaired) electrons. The van der Waals surface area contributed by atoms with Crippen LogP contribution >= 0.6 is 0 Å². The summed E-state index contributed by atoms with van der Waals surface area (Å²) in [5, 5.41) is 11.4. The van der Waals surface area contributed by atoms with Crippen LogP contribution in [0.1, 0.15) is 23.1 Å². The molecule has 0 saturated carbocycles. The van der Waals surface area contributed by atoms with Gasteiger partial charge in [0.25, 0.3) is 0 Å². The van der Waals surface area contributed by atoms with Crippen molar-refractivity contribution in [3.05, 3.63) is 59.2 Å². The Morgan fingerprint density at radius 1 is 1.04 bits per heavy atom. The van der Waals surface area contributed by atoms with E-state index in [0.29, 0.717) is 22.6 Å². The second-order valence-electron chi connectivity index (χ2n) is 6.72. The predicted octanol–water partition coefficient (Wildman–Crippen LogP) is 2.69. The number of ether oxygens (including phenoxy) is 4. The van der Waals surface area contributed by atoms with E-state index in [2.05, 4.69) is 0 Å². The molecule has 0 aliphatic carbocycles. The molecule has 2 aromatic carbocycles. The van der Waals surface area contributed by atoms with Gasteiger partial charge in [-0.05, 0) is 25.1 Å². The Bertz CT molecular complexity index is 848. The second kappa shape index (κ2) is 7.21. The average molecular weight is 372 g/mol. The van der Waals surface area contributed by atoms with E-state index in [1.807, 2.05) is 25.1 Å². The van der Waals surface area contributed by atoms with Gasteiger partial charge in [0.2, 0.25) is 0 Å². The first-order valence-electron chi connectivity index (χ1n) is 8.63. The molecule has 144 valence electrons. The maximum absolute atomic E-state index is 12.8. The highest BCUT2D eigenvalue weighted by atomic mass is 16.6. The lowest BCUT2D eigenvalue weighted by Crippen LogP contribution is -2.38. The zero-order valence-electron chi connectivity index (χ0n) is 15.9. The van der Waals surface area contributed by atoms with Gasteiger partial charge >= 0.3 is 5.97 Å². The molecule has 0 bridgehead atoms. The van der Waals surface area contributed by atoms with E-state index in [1.54, 1.807) is 24.3 Å². The summed E-state index contributed by atoms with van der Waals surface area (Å²) in [5.41, 5.74) is -0.880. The van der Waals surface area contributed by atoms with Crippen LogP contribution in [-0.2, 0) is 25.5 Å². The first-order chi connectivity index (χ1) is 12.9. The fraction of sp³-hybridized carbons (Fsp3) is 0.381. The highest BCUT2D eigenvalue weighted by Gasteiger charge is 2.58. The van der Waals surface area contributed by atoms with E-state index in [0.717, 1.165) is 5.56 Å². The van der Waals surface area contributed by atoms with Gasteiger partial charge in [0.05, 0.1) is 27.9 Å². The van der Waals surface area contributed by atoms with Crippen molar-refractivity contribution in [3.63, 3.8) is 0 Å². The molecular weight excluding hydrogens is 348 g/mol. The topological polar surface area (TPSA) is 74.2 Å². The van der Waals surface area contributed by atoms with E-state index in [4.69, 9.17) is 18.9 Å². The summed E-state index contributed by atoms with van der Waals surface area (Å²) >= 11 is 0. The molecule has 2 atom stereocenters. The highest BCUT2D eigenvalue weighted by Crippen LogP contribution is 2.50. The van der Waals surface area contributed by atoms with E-state index < -0.39 is 17.2 Å². The Balaban J connectivity index is 2.14. The maximum Gasteiger partial charge on any atom is 0.343 e. The van der Waals surface area contributed by atoms with Crippen LogP contribution in [0.3, 0.4) is 0 Å². The van der Waals surface area contributed by atoms with E-state index >= 15 is 0 Å². The van der Waals surface area contributed by atoms with Crippen LogP contribution < -0.4 is 9.47 Å². The quantitative estimate of drug-likeness (QED) is 0.814. The normalized spacial score (nSPS) is 24.5. The first-order valence-corrected chi connectivity index (χ1v) is 8.63. The molecule has 0 amide bonds. The van der Waals surface area contributed by atoms with Crippen LogP contribution in [0.4, 0.5) is 0 Å². The number of benzene rings is 2. The van der Waals surface area contributed by atoms with Crippen LogP contribution in [0.25, 0.3) is 0 Å². The third-order valence-electron chi connectivity index (χ3n) is 5.01. The Kier molecular flexibility index (Phi) is 5.13. The van der Waals surface area contributed by atoms with Gasteiger partial charge in [-0.15, -0.1) is 0 Å². The lowest BCUT2D eigenvalue weighted by molar-refractivity contribution is -0.165. The molecule has 2 aromatic rings. The number of aryl methyl sites for hydroxylation is 1. The van der Waals surface area contributed by atoms with Crippen molar-refractivity contribution in [1.29, 1.82) is 0 Å². The molecule has 6 nitrogen and oxygen atoms in total. The van der Waals surface area contributed by atoms with Crippen molar-refractivity contribution in [3.8, 4) is 11.5 Å². The molecule has 1 aliphatic heterocycles. The van der Waals surface area contributed by atoms with Crippen LogP contribution in [-0.4, -0.2) is 39.0 Å². The molecule has 6 heteroatoms. The van der Waals surface area contributed by atoms with Crippen LogP contribution in [0.2, 0.25) is 0 Å². The molecule has 1 saturated heterocycles. The Labute approximate surface area is 158 Å². The lowest BCUT2D eigenvalue weighted by Gasteiger charge is -2.29. The molecule has 0 aromatic heterocycles. The van der Waals surface area contributed by atoms with E-state index in [9.17, 15) is 9.90 Å². The fourth-order valence-corrected chi connectivity index (χ4v) is 3.67. The fourth-order valence-electron chi connectivity index (χ4n) is 3.67. The predicted molar refractivity (Wildman–Crippen MR) is 98.9 cm³/mol. The minimum atomic E-state index is -1.48. The molecule has 1 N–H and O–H groups in total. The first kappa shape index (κ1) is 19.2. The Hall–Kier alpha value is -2.57. The molecule has 27 heavy (non-hydrogen) atoms. The van der Waals surface area contributed by atoms with E-state index in [1.165, 1.54) is 21.3 Å². The average Bonchev–Trinajstić information content (AvgIpc) is 3.07. The van der Waals surface area contributed by atoms with Crippen LogP contribution in [0, 0.1) is 6.92 Å². The largest absolute Gasteiger partial charge is 0.496 e. The number of hydrogen-bond donors (Lipinski definition) is 1. The van der Waals surface area contributed by atoms with Crippen molar-refractivity contribution in [2.75, 3.05) is 27.9 Å². The second-order valence-corrected chi connectivity index (χ2v) is 6.72. The summed E-state index contributed by atoms with van der Waals surface area (Å²) in [4.78, 5) is 12.8. The third-order valence-corrected chi connectivity index (χ3v) is 5.01. The molecule has 0 unspecified atom stereocenters. The van der Waals surface area contributed by atoms with Gasteiger partial charge in [-0.2, -0.15) is 0 Å². The van der Waals surface area contributed by atoms with E-state index in [-0.39, 0.29) is 13.0 Å². The number of esters is 1. The molecule has 3 rings (SSSR count). The minimum absolute atomic E-state index is 0.0210. The zero-order chi connectivity index (χ0) is 19.7. The summed E-state index contributed by atoms with van der Waals surface area (Å²) in [6, 6.07) is 12.6. The SMILES string of the molecule is COC(=O)[C@]1(c2cc(C)ccc2OC)C[C@@](O)(c2ccccc2OC)CO1. The molecule has 0 spiro atoms. The Morgan fingerprint density at radius 2 is 1.70 bits per heavy atom. The monoisotopic (exact) mass is 372 g/mol. The maximum atomic E-state index is 12.8. The molecule has 1 aliphatic rings. The zero-order valence-corrected chi connectivity index (χ0v) is 15.9. The van der Waals surface area contributed by atoms with Gasteiger partial charge in [0.1, 0.15) is 17.1 Å². The summed E-state index contributed by atoms with van der Waals surface area (Å²) in [5.74, 6) is 0.438. The number of carbonyl (C=O) groups excluding carboxylic acids is 1. The summed E-state index contributed by atoms with van der Waals surface area (Å²) in [7, 11) is 4.37. The van der Waals surface area contributed by atoms with Gasteiger partial charge in [0.15, 0.2) is 5.60 Å². The summed E-state index contributed by atoms with van der Waals surface area (Å²) in [6.45, 7) is 1.83. The molecule has 1 fully saturated rings. The van der Waals surface area contributed by atoms with Gasteiger partial charge in [-0.3, -0.25) is 0 Å². The minimum Gasteiger partial charge on any atom is -0.496 e. The summed E-state index contributed by atoms with van der Waals surface area (Å²) in [6.07, 6.45) is -0.0210. The highest BCUT2D eigenvalue weighted by molar-refractivity contribution is 5.83. The number of carbonyl (C=O) groups is 1. The smallest absolute Gasteiger partial charge is 0.343 e. The summed E-state index contributed by atoms with van der Waals surface area (Å²) < 4.78 is 21.9. The van der Waals surface area contributed by atoms with Crippen molar-refractivity contribution in [2.24, 2.45) is 0 Å². The van der Waals surface area contributed by atoms with Crippen molar-refractivity contribution in [2.45, 2.75) is 24.5 Å². The van der Waals surface area contributed by atoms with Crippen molar-refractivity contribution >= 4 is 5.97 Å². The number of aliphatic hydroxyl groups is 1. The number of para-hydroxylation sites is 1. The van der Waals surface area contributed by atoms with Crippen LogP contribution in [0.15, 0.2) is 42.5 Å². The molecular formula is C21H24O6. The van der Waals surface area contributed by atoms with Crippen LogP contribution in [0.5, 0.6) is 11.5 Å². The molecule has 1 heterocycles. The standard InChI is InChI=1S/C21H24O6/c1-14-9-10-18(25-3)16(11-14)21(19(22)26-4)12-20(23,13-27-21)15-7-5-6-8-17(15)24-2/h5-11,23H,12-13H2,1-4H3/t20-,21+/m0/s1. The van der Waals surface area contributed by atoms with Crippen molar-refractivity contribution in [1.82, 2.24) is 0 Å². The van der Waals surface area contributed by atoms with Gasteiger partial charge in [0, 0.05) is 17.5 Å².